The van der Waals surface area contributed by atoms with Crippen molar-refractivity contribution in [2.45, 2.75) is 63.1 Å². The third-order valence-electron chi connectivity index (χ3n) is 4.46. The molecule has 4 unspecified atom stereocenters. The van der Waals surface area contributed by atoms with Crippen molar-refractivity contribution < 1.29 is 24.6 Å². The van der Waals surface area contributed by atoms with Crippen LogP contribution in [0.15, 0.2) is 0 Å². The quantitative estimate of drug-likeness (QED) is 0.582. The summed E-state index contributed by atoms with van der Waals surface area (Å²) in [6, 6.07) is -1.47. The number of carboxylic acid groups (broad SMARTS) is 2. The van der Waals surface area contributed by atoms with Crippen LogP contribution in [0.2, 0.25) is 0 Å². The highest BCUT2D eigenvalue weighted by Gasteiger charge is 2.35. The number of carbonyl (C=O) groups is 3. The summed E-state index contributed by atoms with van der Waals surface area (Å²) in [6.07, 6.45) is 5.64. The van der Waals surface area contributed by atoms with Crippen LogP contribution in [-0.2, 0) is 14.4 Å². The summed E-state index contributed by atoms with van der Waals surface area (Å²) < 4.78 is 0. The molecule has 0 radical (unpaired) electrons. The molecule has 21 heavy (non-hydrogen) atoms. The van der Waals surface area contributed by atoms with Crippen LogP contribution in [0, 0.1) is 5.92 Å². The molecule has 4 N–H and O–H groups in total. The lowest BCUT2D eigenvalue weighted by atomic mass is 9.77. The molecule has 1 amide bonds. The van der Waals surface area contributed by atoms with Crippen LogP contribution in [-0.4, -0.2) is 46.2 Å². The summed E-state index contributed by atoms with van der Waals surface area (Å²) in [5, 5.41) is 23.3. The van der Waals surface area contributed by atoms with E-state index in [4.69, 9.17) is 10.2 Å². The van der Waals surface area contributed by atoms with E-state index < -0.39 is 36.4 Å². The van der Waals surface area contributed by atoms with E-state index >= 15 is 0 Å². The maximum atomic E-state index is 12.1. The molecule has 0 aromatic carbocycles. The Labute approximate surface area is 123 Å². The monoisotopic (exact) mass is 298 g/mol. The summed E-state index contributed by atoms with van der Waals surface area (Å²) in [6.45, 7) is 0. The number of carbonyl (C=O) groups excluding carboxylic acids is 1. The minimum absolute atomic E-state index is 0.325. The van der Waals surface area contributed by atoms with Gasteiger partial charge in [-0.05, 0) is 31.6 Å². The van der Waals surface area contributed by atoms with Crippen LogP contribution in [0.25, 0.3) is 0 Å². The van der Waals surface area contributed by atoms with Crippen molar-refractivity contribution in [1.29, 1.82) is 0 Å². The van der Waals surface area contributed by atoms with Gasteiger partial charge in [0.05, 0.1) is 12.5 Å². The van der Waals surface area contributed by atoms with E-state index in [1.54, 1.807) is 0 Å². The lowest BCUT2D eigenvalue weighted by molar-refractivity contribution is -0.147. The number of carboxylic acids is 2. The number of hydrogen-bond acceptors (Lipinski definition) is 4. The first kappa shape index (κ1) is 15.8. The summed E-state index contributed by atoms with van der Waals surface area (Å²) in [7, 11) is 0. The van der Waals surface area contributed by atoms with Gasteiger partial charge in [-0.3, -0.25) is 9.59 Å². The fraction of sp³-hybridized carbons (Fsp3) is 0.786. The highest BCUT2D eigenvalue weighted by molar-refractivity contribution is 5.89. The minimum Gasteiger partial charge on any atom is -0.481 e. The molecule has 0 aromatic heterocycles. The van der Waals surface area contributed by atoms with Crippen molar-refractivity contribution in [3.63, 3.8) is 0 Å². The van der Waals surface area contributed by atoms with Gasteiger partial charge in [-0.2, -0.15) is 0 Å². The van der Waals surface area contributed by atoms with Gasteiger partial charge in [-0.25, -0.2) is 4.79 Å². The Bertz CT molecular complexity index is 426. The smallest absolute Gasteiger partial charge is 0.326 e. The van der Waals surface area contributed by atoms with Gasteiger partial charge in [0.1, 0.15) is 6.04 Å². The van der Waals surface area contributed by atoms with Crippen LogP contribution in [0.4, 0.5) is 0 Å². The Morgan fingerprint density at radius 1 is 1.10 bits per heavy atom. The Morgan fingerprint density at radius 3 is 2.48 bits per heavy atom. The van der Waals surface area contributed by atoms with Gasteiger partial charge in [0.15, 0.2) is 0 Å². The molecular weight excluding hydrogens is 276 g/mol. The van der Waals surface area contributed by atoms with E-state index in [0.717, 1.165) is 19.3 Å². The molecule has 1 aliphatic carbocycles. The molecule has 1 aliphatic heterocycles. The molecule has 0 spiro atoms. The Morgan fingerprint density at radius 2 is 1.81 bits per heavy atom. The molecule has 118 valence electrons. The van der Waals surface area contributed by atoms with Crippen molar-refractivity contribution in [2.75, 3.05) is 0 Å². The van der Waals surface area contributed by atoms with E-state index in [2.05, 4.69) is 10.6 Å². The van der Waals surface area contributed by atoms with Crippen molar-refractivity contribution >= 4 is 17.8 Å². The molecule has 2 aliphatic rings. The second-order valence-electron chi connectivity index (χ2n) is 5.94. The average molecular weight is 298 g/mol. The first-order valence-corrected chi connectivity index (χ1v) is 7.48. The summed E-state index contributed by atoms with van der Waals surface area (Å²) in [5.74, 6) is -2.37. The molecule has 2 rings (SSSR count). The minimum atomic E-state index is -1.37. The van der Waals surface area contributed by atoms with Crippen molar-refractivity contribution in [3.8, 4) is 0 Å². The number of hydrogen-bond donors (Lipinski definition) is 4. The number of nitrogens with one attached hydrogen (secondary N) is 2. The number of fused-ring (bicyclic) bond motifs is 1. The number of amides is 1. The molecule has 1 heterocycles. The van der Waals surface area contributed by atoms with Gasteiger partial charge >= 0.3 is 11.9 Å². The zero-order chi connectivity index (χ0) is 15.4. The highest BCUT2D eigenvalue weighted by Crippen LogP contribution is 2.32. The number of aliphatic carboxylic acids is 2. The number of rotatable bonds is 5. The lowest BCUT2D eigenvalue weighted by Gasteiger charge is -2.40. The van der Waals surface area contributed by atoms with E-state index in [0.29, 0.717) is 18.4 Å². The topological polar surface area (TPSA) is 116 Å². The maximum Gasteiger partial charge on any atom is 0.326 e. The second kappa shape index (κ2) is 6.89. The van der Waals surface area contributed by atoms with Gasteiger partial charge in [-0.15, -0.1) is 0 Å². The fourth-order valence-corrected chi connectivity index (χ4v) is 3.35. The van der Waals surface area contributed by atoms with Crippen LogP contribution < -0.4 is 10.6 Å². The Kier molecular flexibility index (Phi) is 5.17. The van der Waals surface area contributed by atoms with Crippen molar-refractivity contribution in [3.05, 3.63) is 0 Å². The predicted molar refractivity (Wildman–Crippen MR) is 73.7 cm³/mol. The zero-order valence-corrected chi connectivity index (χ0v) is 11.9. The van der Waals surface area contributed by atoms with Crippen LogP contribution >= 0.6 is 0 Å². The van der Waals surface area contributed by atoms with Crippen molar-refractivity contribution in [1.82, 2.24) is 10.6 Å². The summed E-state index contributed by atoms with van der Waals surface area (Å²) in [5.41, 5.74) is 0. The van der Waals surface area contributed by atoms with Gasteiger partial charge in [-0.1, -0.05) is 12.8 Å². The summed E-state index contributed by atoms with van der Waals surface area (Å²) in [4.78, 5) is 33.8. The third-order valence-corrected chi connectivity index (χ3v) is 4.46. The largest absolute Gasteiger partial charge is 0.481 e. The first-order chi connectivity index (χ1) is 9.97. The molecule has 1 saturated carbocycles. The fourth-order valence-electron chi connectivity index (χ4n) is 3.35. The van der Waals surface area contributed by atoms with Crippen LogP contribution in [0.3, 0.4) is 0 Å². The molecule has 4 atom stereocenters. The first-order valence-electron chi connectivity index (χ1n) is 7.48. The van der Waals surface area contributed by atoms with E-state index in [-0.39, 0.29) is 0 Å². The Balaban J connectivity index is 1.90. The zero-order valence-electron chi connectivity index (χ0n) is 11.9. The van der Waals surface area contributed by atoms with E-state index in [1.807, 2.05) is 0 Å². The molecule has 0 aromatic rings. The van der Waals surface area contributed by atoms with Crippen molar-refractivity contribution in [2.24, 2.45) is 5.92 Å². The van der Waals surface area contributed by atoms with Crippen LogP contribution in [0.5, 0.6) is 0 Å². The molecule has 7 heteroatoms. The number of piperidine rings is 1. The lowest BCUT2D eigenvalue weighted by Crippen LogP contribution is -2.57. The SMILES string of the molecule is O=C(O)CC(NC(=O)C1CCC2CCCCC2N1)C(=O)O. The van der Waals surface area contributed by atoms with Gasteiger partial charge in [0.25, 0.3) is 0 Å². The molecule has 7 nitrogen and oxygen atoms in total. The van der Waals surface area contributed by atoms with E-state index in [1.165, 1.54) is 12.8 Å². The summed E-state index contributed by atoms with van der Waals surface area (Å²) >= 11 is 0. The predicted octanol–water partition coefficient (Wildman–Crippen LogP) is 0.341. The molecule has 0 bridgehead atoms. The maximum absolute atomic E-state index is 12.1. The molecule has 1 saturated heterocycles. The third kappa shape index (κ3) is 4.17. The average Bonchev–Trinajstić information content (AvgIpc) is 2.45. The van der Waals surface area contributed by atoms with Gasteiger partial charge < -0.3 is 20.8 Å². The van der Waals surface area contributed by atoms with Gasteiger partial charge in [0, 0.05) is 6.04 Å². The Hall–Kier alpha value is -1.63. The normalized spacial score (nSPS) is 30.0. The standard InChI is InChI=1S/C14H22N2O5/c17-12(18)7-11(14(20)21)16-13(19)10-6-5-8-3-1-2-4-9(8)15-10/h8-11,15H,1-7H2,(H,16,19)(H,17,18)(H,20,21). The molecule has 2 fully saturated rings. The second-order valence-corrected chi connectivity index (χ2v) is 5.94. The van der Waals surface area contributed by atoms with Crippen LogP contribution in [0.1, 0.15) is 44.9 Å². The van der Waals surface area contributed by atoms with E-state index in [9.17, 15) is 14.4 Å². The van der Waals surface area contributed by atoms with Gasteiger partial charge in [0.2, 0.25) is 5.91 Å². The molecular formula is C14H22N2O5. The highest BCUT2D eigenvalue weighted by atomic mass is 16.4.